The van der Waals surface area contributed by atoms with Gasteiger partial charge in [-0.2, -0.15) is 0 Å². The van der Waals surface area contributed by atoms with Gasteiger partial charge in [-0.25, -0.2) is 9.59 Å². The van der Waals surface area contributed by atoms with Gasteiger partial charge in [0.1, 0.15) is 17.2 Å². The molecule has 0 saturated carbocycles. The zero-order valence-corrected chi connectivity index (χ0v) is 25.4. The lowest BCUT2D eigenvalue weighted by Gasteiger charge is -2.24. The fraction of sp³-hybridized carbons (Fsp3) is 0.710. The number of aryl methyl sites for hydroxylation is 1. The fourth-order valence-corrected chi connectivity index (χ4v) is 3.96. The number of hydrogen-bond donors (Lipinski definition) is 3. The van der Waals surface area contributed by atoms with Gasteiger partial charge in [-0.1, -0.05) is 76.8 Å². The molecule has 0 radical (unpaired) electrons. The van der Waals surface area contributed by atoms with E-state index in [9.17, 15) is 14.4 Å². The summed E-state index contributed by atoms with van der Waals surface area (Å²) in [5.41, 5.74) is 0.423. The zero-order valence-electron chi connectivity index (χ0n) is 25.4. The monoisotopic (exact) mass is 547 g/mol. The van der Waals surface area contributed by atoms with E-state index in [1.54, 1.807) is 41.5 Å². The van der Waals surface area contributed by atoms with Crippen LogP contribution < -0.4 is 16.0 Å². The molecule has 1 unspecified atom stereocenters. The second-order valence-corrected chi connectivity index (χ2v) is 12.2. The minimum absolute atomic E-state index is 0.156. The summed E-state index contributed by atoms with van der Waals surface area (Å²) in [6, 6.07) is 6.68. The van der Waals surface area contributed by atoms with Crippen LogP contribution >= 0.6 is 0 Å². The lowest BCUT2D eigenvalue weighted by atomic mass is 10.0. The summed E-state index contributed by atoms with van der Waals surface area (Å²) in [5.74, 6) is -0.473. The average molecular weight is 548 g/mol. The average Bonchev–Trinajstić information content (AvgIpc) is 2.81. The van der Waals surface area contributed by atoms with Crippen molar-refractivity contribution in [2.45, 2.75) is 136 Å². The molecule has 0 aromatic heterocycles. The lowest BCUT2D eigenvalue weighted by Crippen LogP contribution is -2.52. The first-order chi connectivity index (χ1) is 18.3. The molecule has 8 heteroatoms. The number of ether oxygens (including phenoxy) is 2. The quantitative estimate of drug-likeness (QED) is 0.186. The number of amides is 3. The van der Waals surface area contributed by atoms with Crippen molar-refractivity contribution in [1.82, 2.24) is 10.6 Å². The summed E-state index contributed by atoms with van der Waals surface area (Å²) in [6.07, 6.45) is 12.7. The van der Waals surface area contributed by atoms with Crippen LogP contribution in [0.1, 0.15) is 118 Å². The van der Waals surface area contributed by atoms with E-state index in [0.717, 1.165) is 12.8 Å². The SMILES string of the molecule is CCCCCCCCCCCCc1ccc(NC(=O)C(CNC(=O)OC(C)(C)C)NC(=O)OC(C)(C)C)cc1. The predicted octanol–water partition coefficient (Wildman–Crippen LogP) is 7.51. The van der Waals surface area contributed by atoms with Crippen molar-refractivity contribution in [3.05, 3.63) is 29.8 Å². The number of rotatable bonds is 16. The van der Waals surface area contributed by atoms with Crippen molar-refractivity contribution in [3.8, 4) is 0 Å². The molecule has 8 nitrogen and oxygen atoms in total. The number of benzene rings is 1. The number of anilines is 1. The normalized spacial score (nSPS) is 12.4. The number of hydrogen-bond acceptors (Lipinski definition) is 5. The molecule has 0 heterocycles. The molecule has 0 saturated heterocycles. The molecule has 1 aromatic carbocycles. The molecule has 39 heavy (non-hydrogen) atoms. The Labute approximate surface area is 236 Å². The van der Waals surface area contributed by atoms with Gasteiger partial charge in [-0.3, -0.25) is 4.79 Å². The Hall–Kier alpha value is -2.77. The van der Waals surface area contributed by atoms with Crippen molar-refractivity contribution in [2.75, 3.05) is 11.9 Å². The lowest BCUT2D eigenvalue weighted by molar-refractivity contribution is -0.118. The van der Waals surface area contributed by atoms with Crippen LogP contribution in [0.2, 0.25) is 0 Å². The van der Waals surface area contributed by atoms with E-state index in [1.807, 2.05) is 24.3 Å². The molecule has 222 valence electrons. The van der Waals surface area contributed by atoms with Crippen LogP contribution in [0.4, 0.5) is 15.3 Å². The van der Waals surface area contributed by atoms with Crippen molar-refractivity contribution in [2.24, 2.45) is 0 Å². The number of carbonyl (C=O) groups excluding carboxylic acids is 3. The first kappa shape index (κ1) is 34.3. The van der Waals surface area contributed by atoms with E-state index in [0.29, 0.717) is 5.69 Å². The van der Waals surface area contributed by atoms with Crippen LogP contribution in [0.15, 0.2) is 24.3 Å². The molecule has 3 N–H and O–H groups in total. The Morgan fingerprint density at radius 1 is 0.718 bits per heavy atom. The highest BCUT2D eigenvalue weighted by molar-refractivity contribution is 5.97. The third-order valence-electron chi connectivity index (χ3n) is 5.90. The standard InChI is InChI=1S/C31H53N3O5/c1-8-9-10-11-12-13-14-15-16-17-18-24-19-21-25(22-20-24)33-27(35)26(34-29(37)39-31(5,6)7)23-32-28(36)38-30(2,3)4/h19-22,26H,8-18,23H2,1-7H3,(H,32,36)(H,33,35)(H,34,37). The van der Waals surface area contributed by atoms with Gasteiger partial charge in [0.25, 0.3) is 0 Å². The Morgan fingerprint density at radius 2 is 1.21 bits per heavy atom. The van der Waals surface area contributed by atoms with Crippen LogP contribution in [0, 0.1) is 0 Å². The van der Waals surface area contributed by atoms with Gasteiger partial charge in [-0.05, 0) is 72.1 Å². The maximum atomic E-state index is 13.0. The number of nitrogens with one attached hydrogen (secondary N) is 3. The summed E-state index contributed by atoms with van der Waals surface area (Å²) in [5, 5.41) is 7.90. The van der Waals surface area contributed by atoms with Crippen LogP contribution in [-0.2, 0) is 20.7 Å². The minimum atomic E-state index is -1.06. The van der Waals surface area contributed by atoms with Crippen molar-refractivity contribution >= 4 is 23.8 Å². The Balaban J connectivity index is 2.55. The Morgan fingerprint density at radius 3 is 1.72 bits per heavy atom. The van der Waals surface area contributed by atoms with E-state index in [4.69, 9.17) is 9.47 Å². The molecule has 0 fully saturated rings. The summed E-state index contributed by atoms with van der Waals surface area (Å²) < 4.78 is 10.5. The first-order valence-corrected chi connectivity index (χ1v) is 14.7. The Bertz CT molecular complexity index is 856. The highest BCUT2D eigenvalue weighted by Crippen LogP contribution is 2.15. The molecule has 1 aromatic rings. The van der Waals surface area contributed by atoms with Gasteiger partial charge in [0.05, 0.1) is 6.54 Å². The summed E-state index contributed by atoms with van der Waals surface area (Å²) >= 11 is 0. The molecular formula is C31H53N3O5. The van der Waals surface area contributed by atoms with Crippen LogP contribution in [0.3, 0.4) is 0 Å². The smallest absolute Gasteiger partial charge is 0.408 e. The number of carbonyl (C=O) groups is 3. The van der Waals surface area contributed by atoms with E-state index in [-0.39, 0.29) is 6.54 Å². The maximum absolute atomic E-state index is 13.0. The predicted molar refractivity (Wildman–Crippen MR) is 158 cm³/mol. The number of alkyl carbamates (subject to hydrolysis) is 2. The van der Waals surface area contributed by atoms with Gasteiger partial charge in [0.15, 0.2) is 0 Å². The molecule has 3 amide bonds. The molecular weight excluding hydrogens is 494 g/mol. The highest BCUT2D eigenvalue weighted by Gasteiger charge is 2.26. The third kappa shape index (κ3) is 18.2. The van der Waals surface area contributed by atoms with Gasteiger partial charge in [0, 0.05) is 5.69 Å². The largest absolute Gasteiger partial charge is 0.444 e. The van der Waals surface area contributed by atoms with E-state index in [1.165, 1.54) is 63.4 Å². The molecule has 0 aliphatic carbocycles. The second kappa shape index (κ2) is 17.7. The Kier molecular flexibility index (Phi) is 15.6. The van der Waals surface area contributed by atoms with Gasteiger partial charge in [-0.15, -0.1) is 0 Å². The van der Waals surface area contributed by atoms with Crippen LogP contribution in [0.5, 0.6) is 0 Å². The summed E-state index contributed by atoms with van der Waals surface area (Å²) in [7, 11) is 0. The molecule has 0 spiro atoms. The molecule has 0 aliphatic rings. The topological polar surface area (TPSA) is 106 Å². The van der Waals surface area contributed by atoms with Crippen LogP contribution in [0.25, 0.3) is 0 Å². The molecule has 0 aliphatic heterocycles. The first-order valence-electron chi connectivity index (χ1n) is 14.7. The van der Waals surface area contributed by atoms with Crippen molar-refractivity contribution < 1.29 is 23.9 Å². The molecule has 0 bridgehead atoms. The van der Waals surface area contributed by atoms with E-state index >= 15 is 0 Å². The molecule has 1 atom stereocenters. The highest BCUT2D eigenvalue weighted by atomic mass is 16.6. The minimum Gasteiger partial charge on any atom is -0.444 e. The van der Waals surface area contributed by atoms with Crippen LogP contribution in [-0.4, -0.2) is 41.9 Å². The number of unbranched alkanes of at least 4 members (excludes halogenated alkanes) is 9. The van der Waals surface area contributed by atoms with Gasteiger partial charge in [0.2, 0.25) is 5.91 Å². The van der Waals surface area contributed by atoms with E-state index in [2.05, 4.69) is 22.9 Å². The summed E-state index contributed by atoms with van der Waals surface area (Å²) in [4.78, 5) is 37.4. The van der Waals surface area contributed by atoms with Gasteiger partial charge >= 0.3 is 12.2 Å². The van der Waals surface area contributed by atoms with Gasteiger partial charge < -0.3 is 25.4 Å². The van der Waals surface area contributed by atoms with Crippen molar-refractivity contribution in [3.63, 3.8) is 0 Å². The van der Waals surface area contributed by atoms with E-state index < -0.39 is 35.3 Å². The summed E-state index contributed by atoms with van der Waals surface area (Å²) in [6.45, 7) is 12.5. The molecule has 1 rings (SSSR count). The van der Waals surface area contributed by atoms with Crippen molar-refractivity contribution in [1.29, 1.82) is 0 Å². The fourth-order valence-electron chi connectivity index (χ4n) is 3.96. The third-order valence-corrected chi connectivity index (χ3v) is 5.90. The zero-order chi connectivity index (χ0) is 29.3. The maximum Gasteiger partial charge on any atom is 0.408 e. The second-order valence-electron chi connectivity index (χ2n) is 12.2.